The Kier molecular flexibility index (Phi) is 5.58. The largest absolute Gasteiger partial charge is 0.492 e. The summed E-state index contributed by atoms with van der Waals surface area (Å²) in [6, 6.07) is 16.9. The van der Waals surface area contributed by atoms with Crippen molar-refractivity contribution in [2.45, 2.75) is 6.92 Å². The third-order valence-electron chi connectivity index (χ3n) is 4.10. The molecule has 0 aliphatic rings. The monoisotopic (exact) mass is 369 g/mol. The Bertz CT molecular complexity index is 876. The van der Waals surface area contributed by atoms with E-state index in [0.717, 1.165) is 17.1 Å². The van der Waals surface area contributed by atoms with Crippen molar-refractivity contribution in [2.24, 2.45) is 0 Å². The van der Waals surface area contributed by atoms with E-state index in [1.165, 1.54) is 0 Å². The minimum atomic E-state index is -0.0793. The second-order valence-electron chi connectivity index (χ2n) is 5.92. The van der Waals surface area contributed by atoms with Gasteiger partial charge < -0.3 is 9.64 Å². The Balaban J connectivity index is 1.62. The first kappa shape index (κ1) is 18.0. The zero-order valence-corrected chi connectivity index (χ0v) is 15.5. The second-order valence-corrected chi connectivity index (χ2v) is 6.36. The summed E-state index contributed by atoms with van der Waals surface area (Å²) in [6.45, 7) is 2.76. The lowest BCUT2D eigenvalue weighted by molar-refractivity contribution is 0.0773. The molecule has 0 atom stereocenters. The van der Waals surface area contributed by atoms with Crippen LogP contribution in [0.2, 0.25) is 5.02 Å². The molecule has 2 aromatic carbocycles. The van der Waals surface area contributed by atoms with Crippen LogP contribution in [-0.2, 0) is 0 Å². The maximum Gasteiger partial charge on any atom is 0.257 e. The molecule has 0 aliphatic carbocycles. The molecule has 3 aromatic rings. The number of aromatic nitrogens is 2. The molecule has 0 bridgehead atoms. The van der Waals surface area contributed by atoms with Gasteiger partial charge in [-0.3, -0.25) is 4.79 Å². The molecule has 1 amide bonds. The van der Waals surface area contributed by atoms with Gasteiger partial charge in [0.25, 0.3) is 5.91 Å². The van der Waals surface area contributed by atoms with Gasteiger partial charge in [0, 0.05) is 12.1 Å². The van der Waals surface area contributed by atoms with Crippen molar-refractivity contribution < 1.29 is 9.53 Å². The number of rotatable bonds is 6. The van der Waals surface area contributed by atoms with Crippen LogP contribution in [0.1, 0.15) is 16.1 Å². The molecule has 0 aliphatic heterocycles. The van der Waals surface area contributed by atoms with Crippen LogP contribution in [0.15, 0.2) is 60.8 Å². The van der Waals surface area contributed by atoms with Crippen LogP contribution in [0.5, 0.6) is 5.75 Å². The number of ether oxygens (including phenoxy) is 1. The van der Waals surface area contributed by atoms with E-state index in [9.17, 15) is 4.79 Å². The lowest BCUT2D eigenvalue weighted by atomic mass is 10.2. The van der Waals surface area contributed by atoms with Crippen LogP contribution in [0.4, 0.5) is 0 Å². The van der Waals surface area contributed by atoms with E-state index in [1.807, 2.05) is 37.3 Å². The van der Waals surface area contributed by atoms with Crippen molar-refractivity contribution in [3.05, 3.63) is 77.1 Å². The van der Waals surface area contributed by atoms with Crippen molar-refractivity contribution in [1.29, 1.82) is 0 Å². The first-order chi connectivity index (χ1) is 12.6. The fourth-order valence-corrected chi connectivity index (χ4v) is 2.71. The van der Waals surface area contributed by atoms with Gasteiger partial charge in [-0.05, 0) is 43.3 Å². The number of likely N-dealkylation sites (N-methyl/N-ethyl adjacent to an activating group) is 1. The Labute approximate surface area is 157 Å². The third kappa shape index (κ3) is 4.06. The second kappa shape index (κ2) is 8.06. The van der Waals surface area contributed by atoms with E-state index in [2.05, 4.69) is 5.10 Å². The summed E-state index contributed by atoms with van der Waals surface area (Å²) >= 11 is 5.85. The summed E-state index contributed by atoms with van der Waals surface area (Å²) < 4.78 is 7.42. The van der Waals surface area contributed by atoms with Crippen LogP contribution in [-0.4, -0.2) is 40.8 Å². The quantitative estimate of drug-likeness (QED) is 0.660. The summed E-state index contributed by atoms with van der Waals surface area (Å²) in [5, 5.41) is 5.01. The van der Waals surface area contributed by atoms with Gasteiger partial charge in [-0.25, -0.2) is 4.68 Å². The van der Waals surface area contributed by atoms with Gasteiger partial charge in [0.15, 0.2) is 0 Å². The number of halogens is 1. The van der Waals surface area contributed by atoms with Crippen LogP contribution < -0.4 is 4.74 Å². The van der Waals surface area contributed by atoms with Crippen molar-refractivity contribution >= 4 is 17.5 Å². The topological polar surface area (TPSA) is 47.4 Å². The zero-order valence-electron chi connectivity index (χ0n) is 14.7. The van der Waals surface area contributed by atoms with Crippen molar-refractivity contribution in [3.63, 3.8) is 0 Å². The zero-order chi connectivity index (χ0) is 18.5. The van der Waals surface area contributed by atoms with Crippen molar-refractivity contribution in [3.8, 4) is 11.4 Å². The molecule has 1 aromatic heterocycles. The molecule has 1 heterocycles. The molecule has 0 saturated heterocycles. The van der Waals surface area contributed by atoms with Gasteiger partial charge in [0.05, 0.1) is 29.7 Å². The van der Waals surface area contributed by atoms with Gasteiger partial charge in [-0.1, -0.05) is 29.8 Å². The van der Waals surface area contributed by atoms with E-state index in [0.29, 0.717) is 23.7 Å². The van der Waals surface area contributed by atoms with Crippen LogP contribution in [0, 0.1) is 6.92 Å². The molecule has 0 N–H and O–H groups in total. The van der Waals surface area contributed by atoms with Gasteiger partial charge in [0.2, 0.25) is 0 Å². The highest BCUT2D eigenvalue weighted by molar-refractivity contribution is 6.30. The SMILES string of the molecule is Cc1c(C(=O)N(C)CCOc2ccc(Cl)cc2)cnn1-c1ccccc1. The average Bonchev–Trinajstić information content (AvgIpc) is 3.04. The van der Waals surface area contributed by atoms with Crippen LogP contribution in [0.25, 0.3) is 5.69 Å². The molecule has 5 nitrogen and oxygen atoms in total. The Hall–Kier alpha value is -2.79. The maximum atomic E-state index is 12.7. The average molecular weight is 370 g/mol. The number of benzene rings is 2. The fraction of sp³-hybridized carbons (Fsp3) is 0.200. The highest BCUT2D eigenvalue weighted by atomic mass is 35.5. The summed E-state index contributed by atoms with van der Waals surface area (Å²) in [4.78, 5) is 14.3. The maximum absolute atomic E-state index is 12.7. The number of carbonyl (C=O) groups excluding carboxylic acids is 1. The smallest absolute Gasteiger partial charge is 0.257 e. The lowest BCUT2D eigenvalue weighted by Crippen LogP contribution is -2.31. The van der Waals surface area contributed by atoms with Gasteiger partial charge in [-0.2, -0.15) is 5.10 Å². The Morgan fingerprint density at radius 2 is 1.85 bits per heavy atom. The van der Waals surface area contributed by atoms with Gasteiger partial charge in [0.1, 0.15) is 12.4 Å². The Morgan fingerprint density at radius 1 is 1.15 bits per heavy atom. The molecule has 0 unspecified atom stereocenters. The molecule has 0 fully saturated rings. The number of para-hydroxylation sites is 1. The van der Waals surface area contributed by atoms with Gasteiger partial charge in [-0.15, -0.1) is 0 Å². The summed E-state index contributed by atoms with van der Waals surface area (Å²) in [5.74, 6) is 0.646. The highest BCUT2D eigenvalue weighted by Gasteiger charge is 2.18. The van der Waals surface area contributed by atoms with Crippen LogP contribution >= 0.6 is 11.6 Å². The van der Waals surface area contributed by atoms with Gasteiger partial charge >= 0.3 is 0 Å². The third-order valence-corrected chi connectivity index (χ3v) is 4.35. The number of nitrogens with zero attached hydrogens (tertiary/aromatic N) is 3. The molecular formula is C20H20ClN3O2. The van der Waals surface area contributed by atoms with Crippen molar-refractivity contribution in [2.75, 3.05) is 20.2 Å². The standard InChI is InChI=1S/C20H20ClN3O2/c1-15-19(14-22-24(15)17-6-4-3-5-7-17)20(25)23(2)12-13-26-18-10-8-16(21)9-11-18/h3-11,14H,12-13H2,1-2H3. The molecule has 6 heteroatoms. The van der Waals surface area contributed by atoms with E-state index in [-0.39, 0.29) is 5.91 Å². The van der Waals surface area contributed by atoms with Crippen LogP contribution in [0.3, 0.4) is 0 Å². The lowest BCUT2D eigenvalue weighted by Gasteiger charge is -2.17. The summed E-state index contributed by atoms with van der Waals surface area (Å²) in [7, 11) is 1.76. The minimum Gasteiger partial charge on any atom is -0.492 e. The molecule has 26 heavy (non-hydrogen) atoms. The number of hydrogen-bond donors (Lipinski definition) is 0. The summed E-state index contributed by atoms with van der Waals surface area (Å²) in [5.41, 5.74) is 2.33. The molecule has 0 saturated carbocycles. The number of carbonyl (C=O) groups is 1. The van der Waals surface area contributed by atoms with E-state index in [4.69, 9.17) is 16.3 Å². The molecule has 3 rings (SSSR count). The minimum absolute atomic E-state index is 0.0793. The molecule has 0 spiro atoms. The Morgan fingerprint density at radius 3 is 2.54 bits per heavy atom. The predicted molar refractivity (Wildman–Crippen MR) is 102 cm³/mol. The molecule has 134 valence electrons. The van der Waals surface area contributed by atoms with Crippen molar-refractivity contribution in [1.82, 2.24) is 14.7 Å². The first-order valence-electron chi connectivity index (χ1n) is 8.30. The molecular weight excluding hydrogens is 350 g/mol. The van der Waals surface area contributed by atoms with E-state index >= 15 is 0 Å². The summed E-state index contributed by atoms with van der Waals surface area (Å²) in [6.07, 6.45) is 1.61. The van der Waals surface area contributed by atoms with E-state index < -0.39 is 0 Å². The fourth-order valence-electron chi connectivity index (χ4n) is 2.59. The number of amides is 1. The predicted octanol–water partition coefficient (Wildman–Crippen LogP) is 3.99. The first-order valence-corrected chi connectivity index (χ1v) is 8.68. The highest BCUT2D eigenvalue weighted by Crippen LogP contribution is 2.17. The number of hydrogen-bond acceptors (Lipinski definition) is 3. The van der Waals surface area contributed by atoms with E-state index in [1.54, 1.807) is 47.1 Å². The normalized spacial score (nSPS) is 10.6. The molecule has 0 radical (unpaired) electrons.